The molecule has 0 aliphatic rings. The Balaban J connectivity index is 4.96. The van der Waals surface area contributed by atoms with E-state index < -0.39 is 16.0 Å². The Kier molecular flexibility index (Phi) is 8.77. The van der Waals surface area contributed by atoms with Crippen molar-refractivity contribution in [2.45, 2.75) is 40.0 Å². The first kappa shape index (κ1) is 20.1. The normalized spacial score (nSPS) is 13.4. The van der Waals surface area contributed by atoms with Gasteiger partial charge in [0.25, 0.3) is 0 Å². The van der Waals surface area contributed by atoms with Crippen LogP contribution in [0.25, 0.3) is 0 Å². The summed E-state index contributed by atoms with van der Waals surface area (Å²) < 4.78 is 32.9. The summed E-state index contributed by atoms with van der Waals surface area (Å²) in [6, 6.07) is 0. The lowest BCUT2D eigenvalue weighted by atomic mass is 10.2. The van der Waals surface area contributed by atoms with Gasteiger partial charge in [0, 0.05) is 17.7 Å². The van der Waals surface area contributed by atoms with Crippen LogP contribution in [0.3, 0.4) is 0 Å². The first-order valence-corrected chi connectivity index (χ1v) is 8.98. The van der Waals surface area contributed by atoms with Crippen LogP contribution in [0.15, 0.2) is 11.6 Å². The van der Waals surface area contributed by atoms with E-state index in [1.54, 1.807) is 6.92 Å². The fraction of sp³-hybridized carbons (Fsp3) is 0.786. The van der Waals surface area contributed by atoms with Crippen molar-refractivity contribution in [3.63, 3.8) is 0 Å². The monoisotopic (exact) mass is 320 g/mol. The van der Waals surface area contributed by atoms with Crippen molar-refractivity contribution in [3.8, 4) is 0 Å². The number of amides is 1. The molecule has 0 aliphatic carbocycles. The van der Waals surface area contributed by atoms with E-state index in [2.05, 4.69) is 13.8 Å². The fourth-order valence-corrected chi connectivity index (χ4v) is 3.05. The van der Waals surface area contributed by atoms with Crippen molar-refractivity contribution >= 4 is 16.0 Å². The summed E-state index contributed by atoms with van der Waals surface area (Å²) in [5.74, 6) is -0.776. The summed E-state index contributed by atoms with van der Waals surface area (Å²) in [4.78, 5) is 11.1. The lowest BCUT2D eigenvalue weighted by Gasteiger charge is -2.38. The van der Waals surface area contributed by atoms with Gasteiger partial charge in [-0.05, 0) is 25.8 Å². The molecule has 124 valence electrons. The quantitative estimate of drug-likeness (QED) is 0.348. The van der Waals surface area contributed by atoms with Gasteiger partial charge in [-0.3, -0.25) is 4.79 Å². The minimum absolute atomic E-state index is 0.334. The van der Waals surface area contributed by atoms with E-state index in [-0.39, 0.29) is 5.75 Å². The maximum absolute atomic E-state index is 11.1. The molecule has 0 spiro atoms. The summed E-state index contributed by atoms with van der Waals surface area (Å²) in [5, 5.41) is 0. The van der Waals surface area contributed by atoms with Gasteiger partial charge >= 0.3 is 0 Å². The minimum Gasteiger partial charge on any atom is -0.748 e. The van der Waals surface area contributed by atoms with E-state index in [1.165, 1.54) is 0 Å². The van der Waals surface area contributed by atoms with Crippen LogP contribution in [-0.2, 0) is 14.9 Å². The first-order chi connectivity index (χ1) is 9.66. The highest BCUT2D eigenvalue weighted by molar-refractivity contribution is 7.85. The minimum atomic E-state index is -4.17. The van der Waals surface area contributed by atoms with Crippen LogP contribution in [0.1, 0.15) is 40.0 Å². The Bertz CT molecular complexity index is 452. The number of nitrogens with two attached hydrogens (primary N) is 1. The molecule has 6 nitrogen and oxygen atoms in total. The van der Waals surface area contributed by atoms with Crippen molar-refractivity contribution in [1.82, 2.24) is 0 Å². The van der Waals surface area contributed by atoms with Crippen LogP contribution in [0.5, 0.6) is 0 Å². The standard InChI is InChI=1S/C14H28N2O4S/c1-4-8-16(9-5-2,10-6-12-21(18,19)20)11-7-13(3)14(15)17/h7H,4-6,8-12H2,1-3H3,(H2-,15,17,18,19,20). The Morgan fingerprint density at radius 3 is 2.10 bits per heavy atom. The van der Waals surface area contributed by atoms with E-state index in [0.717, 1.165) is 25.9 Å². The highest BCUT2D eigenvalue weighted by Crippen LogP contribution is 2.13. The number of carbonyl (C=O) groups is 1. The summed E-state index contributed by atoms with van der Waals surface area (Å²) in [6.45, 7) is 8.83. The molecule has 0 rings (SSSR count). The van der Waals surface area contributed by atoms with Crippen molar-refractivity contribution in [2.24, 2.45) is 5.73 Å². The second-order valence-electron chi connectivity index (χ2n) is 5.56. The lowest BCUT2D eigenvalue weighted by molar-refractivity contribution is -0.923. The molecule has 7 heteroatoms. The van der Waals surface area contributed by atoms with Crippen LogP contribution < -0.4 is 5.73 Å². The maximum Gasteiger partial charge on any atom is 0.244 e. The number of primary amides is 1. The largest absolute Gasteiger partial charge is 0.748 e. The van der Waals surface area contributed by atoms with Gasteiger partial charge in [-0.15, -0.1) is 0 Å². The summed E-state index contributed by atoms with van der Waals surface area (Å²) in [5.41, 5.74) is 5.75. The molecule has 1 amide bonds. The Labute approximate surface area is 128 Å². The van der Waals surface area contributed by atoms with Crippen molar-refractivity contribution in [1.29, 1.82) is 0 Å². The molecule has 0 heterocycles. The number of nitrogens with zero attached hydrogens (tertiary/aromatic N) is 1. The lowest BCUT2D eigenvalue weighted by Crippen LogP contribution is -2.50. The number of hydrogen-bond acceptors (Lipinski definition) is 4. The third kappa shape index (κ3) is 8.85. The molecular weight excluding hydrogens is 292 g/mol. The average Bonchev–Trinajstić information content (AvgIpc) is 2.34. The van der Waals surface area contributed by atoms with Crippen molar-refractivity contribution in [3.05, 3.63) is 11.6 Å². The van der Waals surface area contributed by atoms with Gasteiger partial charge in [-0.25, -0.2) is 8.42 Å². The van der Waals surface area contributed by atoms with E-state index in [0.29, 0.717) is 29.6 Å². The van der Waals surface area contributed by atoms with Gasteiger partial charge in [0.05, 0.1) is 36.3 Å². The summed E-state index contributed by atoms with van der Waals surface area (Å²) in [7, 11) is -4.17. The van der Waals surface area contributed by atoms with Crippen LogP contribution in [0, 0.1) is 0 Å². The van der Waals surface area contributed by atoms with Gasteiger partial charge in [0.1, 0.15) is 0 Å². The third-order valence-electron chi connectivity index (χ3n) is 3.60. The number of quaternary nitrogens is 1. The van der Waals surface area contributed by atoms with E-state index in [1.807, 2.05) is 6.08 Å². The van der Waals surface area contributed by atoms with E-state index >= 15 is 0 Å². The second-order valence-corrected chi connectivity index (χ2v) is 7.09. The fourth-order valence-electron chi connectivity index (χ4n) is 2.57. The number of rotatable bonds is 11. The molecule has 0 aromatic carbocycles. The molecule has 0 saturated heterocycles. The highest BCUT2D eigenvalue weighted by atomic mass is 32.2. The highest BCUT2D eigenvalue weighted by Gasteiger charge is 2.24. The molecule has 0 bridgehead atoms. The number of carbonyl (C=O) groups excluding carboxylic acids is 1. The molecular formula is C14H28N2O4S. The molecule has 0 aromatic heterocycles. The van der Waals surface area contributed by atoms with Gasteiger partial charge in [0.2, 0.25) is 5.91 Å². The maximum atomic E-state index is 11.1. The van der Waals surface area contributed by atoms with Crippen molar-refractivity contribution in [2.75, 3.05) is 31.9 Å². The summed E-state index contributed by atoms with van der Waals surface area (Å²) in [6.07, 6.45) is 4.07. The molecule has 0 aliphatic heterocycles. The molecule has 2 N–H and O–H groups in total. The first-order valence-electron chi connectivity index (χ1n) is 7.41. The molecule has 21 heavy (non-hydrogen) atoms. The molecule has 0 aromatic rings. The van der Waals surface area contributed by atoms with Gasteiger partial charge in [-0.1, -0.05) is 13.8 Å². The van der Waals surface area contributed by atoms with Crippen LogP contribution in [0.4, 0.5) is 0 Å². The van der Waals surface area contributed by atoms with E-state index in [4.69, 9.17) is 5.73 Å². The topological polar surface area (TPSA) is 100 Å². The zero-order chi connectivity index (χ0) is 16.5. The van der Waals surface area contributed by atoms with Gasteiger partial charge in [-0.2, -0.15) is 0 Å². The Hall–Kier alpha value is -0.920. The van der Waals surface area contributed by atoms with E-state index in [9.17, 15) is 17.8 Å². The molecule has 0 atom stereocenters. The molecule has 0 saturated carbocycles. The Morgan fingerprint density at radius 2 is 1.71 bits per heavy atom. The molecule has 0 fully saturated rings. The van der Waals surface area contributed by atoms with Crippen molar-refractivity contribution < 1.29 is 22.2 Å². The number of hydrogen-bond donors (Lipinski definition) is 1. The van der Waals surface area contributed by atoms with Gasteiger partial charge < -0.3 is 14.8 Å². The predicted octanol–water partition coefficient (Wildman–Crippen LogP) is 0.990. The smallest absolute Gasteiger partial charge is 0.244 e. The zero-order valence-corrected chi connectivity index (χ0v) is 14.1. The molecule has 0 radical (unpaired) electrons. The Morgan fingerprint density at radius 1 is 1.19 bits per heavy atom. The average molecular weight is 320 g/mol. The zero-order valence-electron chi connectivity index (χ0n) is 13.3. The predicted molar refractivity (Wildman–Crippen MR) is 82.4 cm³/mol. The SMILES string of the molecule is CCC[N+](CC=C(C)C(N)=O)(CCC)CCCS(=O)(=O)[O-]. The summed E-state index contributed by atoms with van der Waals surface area (Å²) >= 11 is 0. The third-order valence-corrected chi connectivity index (χ3v) is 4.38. The van der Waals surface area contributed by atoms with Crippen LogP contribution >= 0.6 is 0 Å². The second kappa shape index (κ2) is 9.17. The van der Waals surface area contributed by atoms with Gasteiger partial charge in [0.15, 0.2) is 0 Å². The van der Waals surface area contributed by atoms with Crippen LogP contribution in [0.2, 0.25) is 0 Å². The van der Waals surface area contributed by atoms with Crippen LogP contribution in [-0.4, -0.2) is 55.3 Å². The molecule has 0 unspecified atom stereocenters.